The average molecular weight is 521 g/mol. The number of para-hydroxylation sites is 1. The number of aromatic carboxylic acids is 1. The fourth-order valence-corrected chi connectivity index (χ4v) is 4.98. The van der Waals surface area contributed by atoms with E-state index in [9.17, 15) is 14.7 Å². The van der Waals surface area contributed by atoms with Crippen molar-refractivity contribution in [3.05, 3.63) is 113 Å². The first-order valence-corrected chi connectivity index (χ1v) is 12.5. The third kappa shape index (κ3) is 5.17. The molecule has 4 aromatic rings. The minimum absolute atomic E-state index is 0.0259. The quantitative estimate of drug-likeness (QED) is 0.188. The largest absolute Gasteiger partial charge is 0.496 e. The van der Waals surface area contributed by atoms with Gasteiger partial charge in [-0.05, 0) is 77.2 Å². The van der Waals surface area contributed by atoms with Crippen molar-refractivity contribution in [2.75, 3.05) is 23.9 Å². The molecule has 0 saturated heterocycles. The molecule has 0 radical (unpaired) electrons. The topological polar surface area (TPSA) is 129 Å². The number of hydrogen-bond acceptors (Lipinski definition) is 5. The zero-order valence-corrected chi connectivity index (χ0v) is 21.4. The SMILES string of the molecule is COc1cc(CN2CCc3cc(C(=N)N)ccc32)c(-c2ccccc2C(=O)O)cc1C(=O)Nc1ccccc1. The minimum atomic E-state index is -1.05. The number of ether oxygens (including phenoxy) is 1. The van der Waals surface area contributed by atoms with Gasteiger partial charge >= 0.3 is 5.97 Å². The maximum absolute atomic E-state index is 13.4. The van der Waals surface area contributed by atoms with Crippen LogP contribution in [0.25, 0.3) is 11.1 Å². The summed E-state index contributed by atoms with van der Waals surface area (Å²) in [4.78, 5) is 27.7. The number of hydrogen-bond donors (Lipinski definition) is 4. The third-order valence-corrected chi connectivity index (χ3v) is 6.89. The highest BCUT2D eigenvalue weighted by Crippen LogP contribution is 2.37. The van der Waals surface area contributed by atoms with Gasteiger partial charge in [0.25, 0.3) is 5.91 Å². The normalized spacial score (nSPS) is 12.1. The van der Waals surface area contributed by atoms with Crippen LogP contribution in [0.5, 0.6) is 5.75 Å². The fourth-order valence-electron chi connectivity index (χ4n) is 4.98. The number of nitrogens with zero attached hydrogens (tertiary/aromatic N) is 1. The Morgan fingerprint density at radius 1 is 0.974 bits per heavy atom. The number of nitrogen functional groups attached to an aromatic ring is 1. The monoisotopic (exact) mass is 520 g/mol. The number of amidine groups is 1. The Kier molecular flexibility index (Phi) is 7.01. The van der Waals surface area contributed by atoms with Gasteiger partial charge in [-0.1, -0.05) is 36.4 Å². The summed E-state index contributed by atoms with van der Waals surface area (Å²) in [5.41, 5.74) is 11.6. The molecule has 1 aliphatic heterocycles. The molecule has 39 heavy (non-hydrogen) atoms. The Morgan fingerprint density at radius 3 is 2.44 bits per heavy atom. The zero-order valence-electron chi connectivity index (χ0n) is 21.4. The lowest BCUT2D eigenvalue weighted by atomic mass is 9.92. The van der Waals surface area contributed by atoms with Gasteiger partial charge in [-0.3, -0.25) is 10.2 Å². The van der Waals surface area contributed by atoms with Gasteiger partial charge < -0.3 is 25.8 Å². The van der Waals surface area contributed by atoms with Gasteiger partial charge in [0.05, 0.1) is 18.2 Å². The third-order valence-electron chi connectivity index (χ3n) is 6.89. The second-order valence-corrected chi connectivity index (χ2v) is 9.31. The number of fused-ring (bicyclic) bond motifs is 1. The number of nitrogens with two attached hydrogens (primary N) is 1. The van der Waals surface area contributed by atoms with Gasteiger partial charge in [0.1, 0.15) is 11.6 Å². The summed E-state index contributed by atoms with van der Waals surface area (Å²) in [5.74, 6) is -0.993. The number of nitrogens with one attached hydrogen (secondary N) is 2. The highest BCUT2D eigenvalue weighted by Gasteiger charge is 2.25. The molecule has 0 atom stereocenters. The summed E-state index contributed by atoms with van der Waals surface area (Å²) in [7, 11) is 1.51. The standard InChI is InChI=1S/C31H28N4O4/c1-39-28-16-21(18-35-14-13-19-15-20(29(32)33)11-12-27(19)35)25(23-9-5-6-10-24(23)31(37)38)17-26(28)30(36)34-22-7-3-2-4-8-22/h2-12,15-17H,13-14,18H2,1H3,(H3,32,33)(H,34,36)(H,37,38). The number of rotatable bonds is 8. The van der Waals surface area contributed by atoms with Crippen molar-refractivity contribution in [3.8, 4) is 16.9 Å². The summed E-state index contributed by atoms with van der Waals surface area (Å²) in [6.07, 6.45) is 0.798. The van der Waals surface area contributed by atoms with E-state index in [1.165, 1.54) is 7.11 Å². The Bertz CT molecular complexity index is 1580. The second-order valence-electron chi connectivity index (χ2n) is 9.31. The second kappa shape index (κ2) is 10.7. The Morgan fingerprint density at radius 2 is 1.72 bits per heavy atom. The lowest BCUT2D eigenvalue weighted by molar-refractivity contribution is 0.0697. The summed E-state index contributed by atoms with van der Waals surface area (Å²) < 4.78 is 5.66. The van der Waals surface area contributed by atoms with Crippen LogP contribution in [0.1, 0.15) is 37.4 Å². The van der Waals surface area contributed by atoms with Crippen LogP contribution in [0.15, 0.2) is 84.9 Å². The molecule has 1 heterocycles. The molecule has 0 aromatic heterocycles. The van der Waals surface area contributed by atoms with E-state index in [1.807, 2.05) is 42.5 Å². The average Bonchev–Trinajstić information content (AvgIpc) is 3.35. The van der Waals surface area contributed by atoms with Crippen molar-refractivity contribution >= 4 is 29.1 Å². The maximum Gasteiger partial charge on any atom is 0.336 e. The van der Waals surface area contributed by atoms with E-state index in [4.69, 9.17) is 15.9 Å². The number of carboxylic acids is 1. The molecule has 0 unspecified atom stereocenters. The number of anilines is 2. The molecule has 196 valence electrons. The predicted octanol–water partition coefficient (Wildman–Crippen LogP) is 5.16. The van der Waals surface area contributed by atoms with Crippen molar-refractivity contribution in [1.29, 1.82) is 5.41 Å². The molecule has 4 aromatic carbocycles. The number of carbonyl (C=O) groups excluding carboxylic acids is 1. The number of carboxylic acid groups (broad SMARTS) is 1. The zero-order chi connectivity index (χ0) is 27.5. The number of benzene rings is 4. The van der Waals surface area contributed by atoms with Gasteiger partial charge in [0.15, 0.2) is 0 Å². The van der Waals surface area contributed by atoms with Crippen LogP contribution < -0.4 is 20.7 Å². The number of methoxy groups -OCH3 is 1. The molecule has 5 rings (SSSR count). The summed E-state index contributed by atoms with van der Waals surface area (Å²) in [6.45, 7) is 1.21. The molecule has 0 saturated carbocycles. The van der Waals surface area contributed by atoms with Crippen molar-refractivity contribution in [1.82, 2.24) is 0 Å². The highest BCUT2D eigenvalue weighted by atomic mass is 16.5. The molecule has 8 nitrogen and oxygen atoms in total. The van der Waals surface area contributed by atoms with Crippen LogP contribution >= 0.6 is 0 Å². The Balaban J connectivity index is 1.60. The Hall–Kier alpha value is -5.11. The van der Waals surface area contributed by atoms with Crippen LogP contribution in [-0.4, -0.2) is 36.5 Å². The van der Waals surface area contributed by atoms with E-state index in [2.05, 4.69) is 10.2 Å². The molecular formula is C31H28N4O4. The summed E-state index contributed by atoms with van der Waals surface area (Å²) in [5, 5.41) is 20.6. The van der Waals surface area contributed by atoms with Gasteiger partial charge in [0.2, 0.25) is 0 Å². The number of amides is 1. The molecule has 1 amide bonds. The van der Waals surface area contributed by atoms with Gasteiger partial charge in [-0.2, -0.15) is 0 Å². The number of carbonyl (C=O) groups is 2. The van der Waals surface area contributed by atoms with E-state index in [0.29, 0.717) is 40.2 Å². The van der Waals surface area contributed by atoms with Crippen molar-refractivity contribution in [2.24, 2.45) is 5.73 Å². The molecule has 0 spiro atoms. The van der Waals surface area contributed by atoms with Crippen LogP contribution in [0.2, 0.25) is 0 Å². The van der Waals surface area contributed by atoms with Crippen LogP contribution in [0.4, 0.5) is 11.4 Å². The van der Waals surface area contributed by atoms with Gasteiger partial charge in [-0.15, -0.1) is 0 Å². The summed E-state index contributed by atoms with van der Waals surface area (Å²) >= 11 is 0. The minimum Gasteiger partial charge on any atom is -0.496 e. The van der Waals surface area contributed by atoms with Crippen molar-refractivity contribution < 1.29 is 19.4 Å². The molecule has 0 aliphatic carbocycles. The fraction of sp³-hybridized carbons (Fsp3) is 0.129. The van der Waals surface area contributed by atoms with Crippen LogP contribution in [0.3, 0.4) is 0 Å². The molecular weight excluding hydrogens is 492 g/mol. The smallest absolute Gasteiger partial charge is 0.336 e. The van der Waals surface area contributed by atoms with E-state index in [0.717, 1.165) is 29.8 Å². The van der Waals surface area contributed by atoms with Crippen LogP contribution in [-0.2, 0) is 13.0 Å². The predicted molar refractivity (Wildman–Crippen MR) is 152 cm³/mol. The molecule has 8 heteroatoms. The first-order valence-electron chi connectivity index (χ1n) is 12.5. The maximum atomic E-state index is 13.4. The van der Waals surface area contributed by atoms with Crippen LogP contribution in [0, 0.1) is 5.41 Å². The van der Waals surface area contributed by atoms with E-state index in [1.54, 1.807) is 42.5 Å². The molecule has 0 fully saturated rings. The molecule has 1 aliphatic rings. The van der Waals surface area contributed by atoms with Gasteiger partial charge in [-0.25, -0.2) is 4.79 Å². The van der Waals surface area contributed by atoms with E-state index in [-0.39, 0.29) is 17.3 Å². The van der Waals surface area contributed by atoms with E-state index >= 15 is 0 Å². The molecule has 0 bridgehead atoms. The lowest BCUT2D eigenvalue weighted by Gasteiger charge is -2.23. The summed E-state index contributed by atoms with van der Waals surface area (Å²) in [6, 6.07) is 25.2. The Labute approximate surface area is 226 Å². The van der Waals surface area contributed by atoms with E-state index < -0.39 is 5.97 Å². The highest BCUT2D eigenvalue weighted by molar-refractivity contribution is 6.08. The first-order chi connectivity index (χ1) is 18.9. The van der Waals surface area contributed by atoms with Crippen molar-refractivity contribution in [2.45, 2.75) is 13.0 Å². The first kappa shape index (κ1) is 25.5. The lowest BCUT2D eigenvalue weighted by Crippen LogP contribution is -2.21. The van der Waals surface area contributed by atoms with Gasteiger partial charge in [0, 0.05) is 30.0 Å². The van der Waals surface area contributed by atoms with Crippen molar-refractivity contribution in [3.63, 3.8) is 0 Å². The molecule has 5 N–H and O–H groups in total.